The Morgan fingerprint density at radius 3 is 2.89 bits per heavy atom. The quantitative estimate of drug-likeness (QED) is 0.388. The van der Waals surface area contributed by atoms with E-state index in [1.807, 2.05) is 6.92 Å². The number of carbonyl (C=O) groups is 1. The largest absolute Gasteiger partial charge is 0.368 e. The first-order valence-electron chi connectivity index (χ1n) is 2.90. The van der Waals surface area contributed by atoms with E-state index in [0.717, 1.165) is 13.0 Å². The van der Waals surface area contributed by atoms with Crippen LogP contribution in [0.5, 0.6) is 0 Å². The van der Waals surface area contributed by atoms with Gasteiger partial charge in [0, 0.05) is 6.54 Å². The van der Waals surface area contributed by atoms with E-state index >= 15 is 0 Å². The minimum absolute atomic E-state index is 0.0556. The van der Waals surface area contributed by atoms with E-state index in [0.29, 0.717) is 0 Å². The second-order valence-corrected chi connectivity index (χ2v) is 1.65. The highest BCUT2D eigenvalue weighted by Gasteiger charge is 1.90. The summed E-state index contributed by atoms with van der Waals surface area (Å²) in [4.78, 5) is 14.6. The monoisotopic (exact) mass is 132 g/mol. The number of hydrogen-bond donors (Lipinski definition) is 2. The van der Waals surface area contributed by atoms with Crippen molar-refractivity contribution in [3.05, 3.63) is 0 Å². The summed E-state index contributed by atoms with van der Waals surface area (Å²) in [7, 11) is 0. The zero-order valence-corrected chi connectivity index (χ0v) is 5.52. The number of primary amides is 1. The molecule has 54 valence electrons. The predicted octanol–water partition coefficient (Wildman–Crippen LogP) is -0.597. The van der Waals surface area contributed by atoms with Crippen LogP contribution in [0.1, 0.15) is 13.3 Å². The van der Waals surface area contributed by atoms with E-state index in [2.05, 4.69) is 10.3 Å². The molecule has 4 nitrogen and oxygen atoms in total. The van der Waals surface area contributed by atoms with Gasteiger partial charge in [-0.15, -0.1) is 0 Å². The van der Waals surface area contributed by atoms with Crippen LogP contribution in [0.2, 0.25) is 0 Å². The fraction of sp³-hybridized carbons (Fsp3) is 0.800. The Bertz CT molecular complexity index is 85.0. The van der Waals surface area contributed by atoms with Gasteiger partial charge in [-0.25, -0.2) is 5.48 Å². The molecule has 0 saturated heterocycles. The highest BCUT2D eigenvalue weighted by atomic mass is 16.6. The molecule has 0 bridgehead atoms. The molecule has 0 rings (SSSR count). The van der Waals surface area contributed by atoms with Crippen LogP contribution in [0, 0.1) is 0 Å². The van der Waals surface area contributed by atoms with Crippen molar-refractivity contribution in [2.45, 2.75) is 13.3 Å². The fourth-order valence-electron chi connectivity index (χ4n) is 0.296. The summed E-state index contributed by atoms with van der Waals surface area (Å²) in [5.41, 5.74) is 7.34. The SMILES string of the molecule is CCCNOCC(N)=O. The maximum Gasteiger partial charge on any atom is 0.245 e. The third-order valence-electron chi connectivity index (χ3n) is 0.669. The second-order valence-electron chi connectivity index (χ2n) is 1.65. The van der Waals surface area contributed by atoms with Crippen molar-refractivity contribution in [1.29, 1.82) is 0 Å². The van der Waals surface area contributed by atoms with Crippen molar-refractivity contribution < 1.29 is 9.63 Å². The molecule has 0 aliphatic carbocycles. The molecule has 0 aromatic carbocycles. The standard InChI is InChI=1S/C5H12N2O2/c1-2-3-7-9-4-5(6)8/h7H,2-4H2,1H3,(H2,6,8). The Morgan fingerprint density at radius 2 is 2.44 bits per heavy atom. The lowest BCUT2D eigenvalue weighted by Crippen LogP contribution is -2.25. The van der Waals surface area contributed by atoms with Crippen molar-refractivity contribution in [3.63, 3.8) is 0 Å². The van der Waals surface area contributed by atoms with Crippen LogP contribution >= 0.6 is 0 Å². The first-order chi connectivity index (χ1) is 4.27. The number of amides is 1. The van der Waals surface area contributed by atoms with Crippen LogP contribution in [0.4, 0.5) is 0 Å². The van der Waals surface area contributed by atoms with E-state index in [1.165, 1.54) is 0 Å². The zero-order valence-electron chi connectivity index (χ0n) is 5.52. The van der Waals surface area contributed by atoms with Crippen molar-refractivity contribution in [2.24, 2.45) is 5.73 Å². The Hall–Kier alpha value is -0.610. The average molecular weight is 132 g/mol. The van der Waals surface area contributed by atoms with Gasteiger partial charge in [-0.05, 0) is 6.42 Å². The molecule has 3 N–H and O–H groups in total. The molecule has 0 aromatic heterocycles. The van der Waals surface area contributed by atoms with Crippen LogP contribution in [-0.4, -0.2) is 19.1 Å². The van der Waals surface area contributed by atoms with Gasteiger partial charge in [0.2, 0.25) is 5.91 Å². The van der Waals surface area contributed by atoms with Crippen LogP contribution in [0.3, 0.4) is 0 Å². The summed E-state index contributed by atoms with van der Waals surface area (Å²) in [6.07, 6.45) is 0.971. The number of nitrogens with two attached hydrogens (primary N) is 1. The lowest BCUT2D eigenvalue weighted by Gasteiger charge is -1.99. The van der Waals surface area contributed by atoms with Crippen LogP contribution in [0.15, 0.2) is 0 Å². The molecule has 0 saturated carbocycles. The van der Waals surface area contributed by atoms with Gasteiger partial charge < -0.3 is 5.73 Å². The molecule has 9 heavy (non-hydrogen) atoms. The summed E-state index contributed by atoms with van der Waals surface area (Å²) < 4.78 is 0. The Balaban J connectivity index is 2.83. The maximum atomic E-state index is 10.0. The Labute approximate surface area is 54.3 Å². The molecule has 0 aliphatic heterocycles. The van der Waals surface area contributed by atoms with Crippen LogP contribution < -0.4 is 11.2 Å². The van der Waals surface area contributed by atoms with Crippen LogP contribution in [0.25, 0.3) is 0 Å². The molecule has 0 aliphatic rings. The van der Waals surface area contributed by atoms with Gasteiger partial charge in [-0.3, -0.25) is 9.63 Å². The highest BCUT2D eigenvalue weighted by molar-refractivity contribution is 5.74. The Kier molecular flexibility index (Phi) is 5.15. The third kappa shape index (κ3) is 7.39. The lowest BCUT2D eigenvalue weighted by atomic mass is 10.5. The van der Waals surface area contributed by atoms with Crippen molar-refractivity contribution >= 4 is 5.91 Å². The molecule has 0 aromatic rings. The van der Waals surface area contributed by atoms with Crippen molar-refractivity contribution in [3.8, 4) is 0 Å². The molecule has 0 heterocycles. The number of carbonyl (C=O) groups excluding carboxylic acids is 1. The van der Waals surface area contributed by atoms with E-state index in [4.69, 9.17) is 5.73 Å². The minimum atomic E-state index is -0.460. The van der Waals surface area contributed by atoms with Gasteiger partial charge in [0.05, 0.1) is 0 Å². The molecular formula is C5H12N2O2. The predicted molar refractivity (Wildman–Crippen MR) is 33.4 cm³/mol. The summed E-state index contributed by atoms with van der Waals surface area (Å²) >= 11 is 0. The molecule has 0 unspecified atom stereocenters. The van der Waals surface area contributed by atoms with Gasteiger partial charge in [0.1, 0.15) is 6.61 Å². The van der Waals surface area contributed by atoms with E-state index in [1.54, 1.807) is 0 Å². The molecule has 4 heteroatoms. The van der Waals surface area contributed by atoms with Crippen molar-refractivity contribution in [1.82, 2.24) is 5.48 Å². The fourth-order valence-corrected chi connectivity index (χ4v) is 0.296. The highest BCUT2D eigenvalue weighted by Crippen LogP contribution is 1.70. The van der Waals surface area contributed by atoms with Gasteiger partial charge in [-0.1, -0.05) is 6.92 Å². The average Bonchev–Trinajstić information content (AvgIpc) is 1.80. The van der Waals surface area contributed by atoms with E-state index in [-0.39, 0.29) is 6.61 Å². The molecular weight excluding hydrogens is 120 g/mol. The topological polar surface area (TPSA) is 64.3 Å². The summed E-state index contributed by atoms with van der Waals surface area (Å²) in [5, 5.41) is 0. The third-order valence-corrected chi connectivity index (χ3v) is 0.669. The van der Waals surface area contributed by atoms with Gasteiger partial charge in [0.15, 0.2) is 0 Å². The van der Waals surface area contributed by atoms with Gasteiger partial charge in [0.25, 0.3) is 0 Å². The number of hydroxylamine groups is 1. The zero-order chi connectivity index (χ0) is 7.11. The maximum absolute atomic E-state index is 10.0. The molecule has 1 amide bonds. The minimum Gasteiger partial charge on any atom is -0.368 e. The molecule has 0 fully saturated rings. The van der Waals surface area contributed by atoms with Gasteiger partial charge >= 0.3 is 0 Å². The van der Waals surface area contributed by atoms with E-state index < -0.39 is 5.91 Å². The lowest BCUT2D eigenvalue weighted by molar-refractivity contribution is -0.125. The van der Waals surface area contributed by atoms with Crippen LogP contribution in [-0.2, 0) is 9.63 Å². The Morgan fingerprint density at radius 1 is 1.78 bits per heavy atom. The summed E-state index contributed by atoms with van der Waals surface area (Å²) in [6.45, 7) is 2.69. The molecule has 0 radical (unpaired) electrons. The first-order valence-corrected chi connectivity index (χ1v) is 2.90. The normalized spacial score (nSPS) is 9.44. The summed E-state index contributed by atoms with van der Waals surface area (Å²) in [5.74, 6) is -0.460. The first kappa shape index (κ1) is 8.39. The second kappa shape index (κ2) is 5.53. The summed E-state index contributed by atoms with van der Waals surface area (Å²) in [6, 6.07) is 0. The smallest absolute Gasteiger partial charge is 0.245 e. The van der Waals surface area contributed by atoms with Gasteiger partial charge in [-0.2, -0.15) is 0 Å². The van der Waals surface area contributed by atoms with E-state index in [9.17, 15) is 4.79 Å². The number of hydrogen-bond acceptors (Lipinski definition) is 3. The van der Waals surface area contributed by atoms with Crippen molar-refractivity contribution in [2.75, 3.05) is 13.2 Å². The number of nitrogens with one attached hydrogen (secondary N) is 1. The molecule has 0 spiro atoms. The number of rotatable bonds is 5. The molecule has 0 atom stereocenters.